The number of hydrogen-bond acceptors (Lipinski definition) is 5. The Labute approximate surface area is 208 Å². The molecule has 35 heavy (non-hydrogen) atoms. The number of anilines is 1. The van der Waals surface area contributed by atoms with Crippen molar-refractivity contribution in [3.8, 4) is 16.9 Å². The van der Waals surface area contributed by atoms with Crippen molar-refractivity contribution in [1.29, 1.82) is 0 Å². The maximum absolute atomic E-state index is 13.8. The summed E-state index contributed by atoms with van der Waals surface area (Å²) in [7, 11) is 0. The van der Waals surface area contributed by atoms with Crippen molar-refractivity contribution in [3.63, 3.8) is 0 Å². The lowest BCUT2D eigenvalue weighted by atomic mass is 9.95. The van der Waals surface area contributed by atoms with Gasteiger partial charge in [-0.05, 0) is 57.2 Å². The second-order valence-electron chi connectivity index (χ2n) is 8.51. The first kappa shape index (κ1) is 23.1. The molecule has 0 aliphatic heterocycles. The number of rotatable bonds is 6. The largest absolute Gasteiger partial charge is 0.462 e. The van der Waals surface area contributed by atoms with Gasteiger partial charge in [0.2, 0.25) is 0 Å². The quantitative estimate of drug-likeness (QED) is 0.329. The number of aryl methyl sites for hydroxylation is 1. The van der Waals surface area contributed by atoms with Gasteiger partial charge in [-0.25, -0.2) is 9.48 Å². The Morgan fingerprint density at radius 2 is 1.69 bits per heavy atom. The van der Waals surface area contributed by atoms with Crippen LogP contribution in [0.3, 0.4) is 0 Å². The van der Waals surface area contributed by atoms with Gasteiger partial charge in [0.1, 0.15) is 10.7 Å². The predicted molar refractivity (Wildman–Crippen MR) is 139 cm³/mol. The number of ether oxygens (including phenoxy) is 1. The Morgan fingerprint density at radius 3 is 2.40 bits per heavy atom. The molecule has 0 saturated heterocycles. The number of fused-ring (bicyclic) bond motifs is 1. The van der Waals surface area contributed by atoms with Crippen LogP contribution in [-0.4, -0.2) is 28.3 Å². The number of nitrogens with zero attached hydrogens (tertiary/aromatic N) is 2. The molecule has 0 bridgehead atoms. The van der Waals surface area contributed by atoms with Crippen LogP contribution in [0.4, 0.5) is 5.00 Å². The van der Waals surface area contributed by atoms with E-state index in [4.69, 9.17) is 9.84 Å². The number of nitrogens with one attached hydrogen (secondary N) is 1. The lowest BCUT2D eigenvalue weighted by Crippen LogP contribution is -2.17. The fourth-order valence-electron chi connectivity index (χ4n) is 4.63. The van der Waals surface area contributed by atoms with Crippen molar-refractivity contribution in [2.24, 2.45) is 0 Å². The van der Waals surface area contributed by atoms with E-state index < -0.39 is 0 Å². The van der Waals surface area contributed by atoms with Gasteiger partial charge in [-0.1, -0.05) is 48.5 Å². The van der Waals surface area contributed by atoms with E-state index in [9.17, 15) is 9.59 Å². The summed E-state index contributed by atoms with van der Waals surface area (Å²) in [6.07, 6.45) is 3.87. The summed E-state index contributed by atoms with van der Waals surface area (Å²) in [5.74, 6) is -0.658. The number of para-hydroxylation sites is 1. The number of carbonyl (C=O) groups is 2. The van der Waals surface area contributed by atoms with Crippen molar-refractivity contribution in [3.05, 3.63) is 87.9 Å². The van der Waals surface area contributed by atoms with Crippen molar-refractivity contribution in [2.75, 3.05) is 11.9 Å². The highest BCUT2D eigenvalue weighted by molar-refractivity contribution is 7.17. The van der Waals surface area contributed by atoms with Gasteiger partial charge in [-0.2, -0.15) is 5.10 Å². The molecule has 7 heteroatoms. The molecular formula is C28H27N3O3S. The molecule has 0 fully saturated rings. The maximum atomic E-state index is 13.8. The van der Waals surface area contributed by atoms with Gasteiger partial charge in [0, 0.05) is 10.4 Å². The predicted octanol–water partition coefficient (Wildman–Crippen LogP) is 6.22. The van der Waals surface area contributed by atoms with Gasteiger partial charge in [0.05, 0.1) is 29.1 Å². The first-order valence-corrected chi connectivity index (χ1v) is 12.7. The summed E-state index contributed by atoms with van der Waals surface area (Å²) >= 11 is 1.49. The zero-order valence-corrected chi connectivity index (χ0v) is 20.7. The average Bonchev–Trinajstić information content (AvgIpc) is 3.42. The smallest absolute Gasteiger partial charge is 0.341 e. The van der Waals surface area contributed by atoms with Crippen LogP contribution in [0, 0.1) is 6.92 Å². The average molecular weight is 486 g/mol. The highest BCUT2D eigenvalue weighted by Gasteiger charge is 2.29. The Balaban J connectivity index is 1.59. The molecule has 0 unspecified atom stereocenters. The van der Waals surface area contributed by atoms with E-state index in [1.54, 1.807) is 11.6 Å². The topological polar surface area (TPSA) is 73.2 Å². The molecule has 1 aliphatic rings. The number of hydrogen-bond donors (Lipinski definition) is 1. The third-order valence-electron chi connectivity index (χ3n) is 6.27. The van der Waals surface area contributed by atoms with Crippen LogP contribution in [0.1, 0.15) is 56.6 Å². The fraction of sp³-hybridized carbons (Fsp3) is 0.250. The van der Waals surface area contributed by atoms with Crippen molar-refractivity contribution in [2.45, 2.75) is 39.5 Å². The Kier molecular flexibility index (Phi) is 6.51. The monoisotopic (exact) mass is 485 g/mol. The number of thiophene rings is 1. The molecule has 1 amide bonds. The Hall–Kier alpha value is -3.71. The van der Waals surface area contributed by atoms with E-state index in [1.165, 1.54) is 11.3 Å². The normalized spacial score (nSPS) is 12.7. The number of benzene rings is 2. The molecule has 1 N–H and O–H groups in total. The molecule has 4 aromatic rings. The van der Waals surface area contributed by atoms with Gasteiger partial charge >= 0.3 is 5.97 Å². The summed E-state index contributed by atoms with van der Waals surface area (Å²) in [5, 5.41) is 8.46. The standard InChI is InChI=1S/C28H27N3O3S/c1-3-34-28(33)24-21-16-10-11-17-22(21)35-27(24)29-26(32)23-18(2)31(20-14-8-5-9-15-20)30-25(23)19-12-6-4-7-13-19/h4-9,12-15H,3,10-11,16-17H2,1-2H3,(H,29,32). The van der Waals surface area contributed by atoms with E-state index in [-0.39, 0.29) is 18.5 Å². The molecule has 1 aliphatic carbocycles. The first-order chi connectivity index (χ1) is 17.1. The minimum atomic E-state index is -0.373. The van der Waals surface area contributed by atoms with Gasteiger partial charge in [0.15, 0.2) is 0 Å². The third kappa shape index (κ3) is 4.39. The van der Waals surface area contributed by atoms with Crippen LogP contribution in [0.2, 0.25) is 0 Å². The van der Waals surface area contributed by atoms with Crippen molar-refractivity contribution in [1.82, 2.24) is 9.78 Å². The van der Waals surface area contributed by atoms with E-state index in [1.807, 2.05) is 67.6 Å². The lowest BCUT2D eigenvalue weighted by Gasteiger charge is -2.12. The van der Waals surface area contributed by atoms with Gasteiger partial charge in [-0.3, -0.25) is 4.79 Å². The lowest BCUT2D eigenvalue weighted by molar-refractivity contribution is 0.0526. The molecule has 6 nitrogen and oxygen atoms in total. The van der Waals surface area contributed by atoms with Crippen LogP contribution in [0.5, 0.6) is 0 Å². The van der Waals surface area contributed by atoms with Gasteiger partial charge in [-0.15, -0.1) is 11.3 Å². The first-order valence-electron chi connectivity index (χ1n) is 11.9. The van der Waals surface area contributed by atoms with Gasteiger partial charge in [0.25, 0.3) is 5.91 Å². The van der Waals surface area contributed by atoms with E-state index in [2.05, 4.69) is 5.32 Å². The van der Waals surface area contributed by atoms with Crippen LogP contribution in [0.25, 0.3) is 16.9 Å². The number of aromatic nitrogens is 2. The van der Waals surface area contributed by atoms with Crippen LogP contribution in [0.15, 0.2) is 60.7 Å². The summed E-state index contributed by atoms with van der Waals surface area (Å²) in [6.45, 7) is 3.98. The summed E-state index contributed by atoms with van der Waals surface area (Å²) < 4.78 is 7.15. The minimum Gasteiger partial charge on any atom is -0.462 e. The molecule has 2 aromatic heterocycles. The molecule has 178 valence electrons. The van der Waals surface area contributed by atoms with Gasteiger partial charge < -0.3 is 10.1 Å². The zero-order chi connectivity index (χ0) is 24.4. The molecule has 5 rings (SSSR count). The van der Waals surface area contributed by atoms with Crippen LogP contribution in [-0.2, 0) is 17.6 Å². The molecule has 0 atom stereocenters. The second-order valence-corrected chi connectivity index (χ2v) is 9.62. The number of carbonyl (C=O) groups excluding carboxylic acids is 2. The molecular weight excluding hydrogens is 458 g/mol. The van der Waals surface area contributed by atoms with Crippen LogP contribution >= 0.6 is 11.3 Å². The molecule has 0 spiro atoms. The zero-order valence-electron chi connectivity index (χ0n) is 19.8. The van der Waals surface area contributed by atoms with E-state index in [0.29, 0.717) is 21.8 Å². The SMILES string of the molecule is CCOC(=O)c1c(NC(=O)c2c(-c3ccccc3)nn(-c3ccccc3)c2C)sc2c1CCCC2. The van der Waals surface area contributed by atoms with E-state index >= 15 is 0 Å². The summed E-state index contributed by atoms with van der Waals surface area (Å²) in [5.41, 5.74) is 5.08. The van der Waals surface area contributed by atoms with E-state index in [0.717, 1.165) is 53.1 Å². The fourth-order valence-corrected chi connectivity index (χ4v) is 5.90. The molecule has 2 heterocycles. The van der Waals surface area contributed by atoms with Crippen molar-refractivity contribution >= 4 is 28.2 Å². The molecule has 0 saturated carbocycles. The van der Waals surface area contributed by atoms with Crippen LogP contribution < -0.4 is 5.32 Å². The second kappa shape index (κ2) is 9.88. The Morgan fingerprint density at radius 1 is 1.00 bits per heavy atom. The summed E-state index contributed by atoms with van der Waals surface area (Å²) in [6, 6.07) is 19.4. The highest BCUT2D eigenvalue weighted by Crippen LogP contribution is 2.39. The van der Waals surface area contributed by atoms with Crippen molar-refractivity contribution < 1.29 is 14.3 Å². The molecule has 0 radical (unpaired) electrons. The number of amides is 1. The maximum Gasteiger partial charge on any atom is 0.341 e. The minimum absolute atomic E-state index is 0.285. The highest BCUT2D eigenvalue weighted by atomic mass is 32.1. The Bertz CT molecular complexity index is 1370. The summed E-state index contributed by atoms with van der Waals surface area (Å²) in [4.78, 5) is 27.8. The third-order valence-corrected chi connectivity index (χ3v) is 7.48. The number of esters is 1. The molecule has 2 aromatic carbocycles.